The minimum Gasteiger partial charge on any atom is -0.451 e. The van der Waals surface area contributed by atoms with E-state index in [1.165, 1.54) is 13.0 Å². The normalized spacial score (nSPS) is 10.8. The number of anilines is 1. The van der Waals surface area contributed by atoms with Crippen LogP contribution >= 0.6 is 0 Å². The van der Waals surface area contributed by atoms with Gasteiger partial charge in [0.25, 0.3) is 5.91 Å². The number of para-hydroxylation sites is 1. The molecule has 0 fully saturated rings. The van der Waals surface area contributed by atoms with Crippen molar-refractivity contribution >= 4 is 29.7 Å². The summed E-state index contributed by atoms with van der Waals surface area (Å²) in [6.07, 6.45) is 1.46. The van der Waals surface area contributed by atoms with Crippen LogP contribution in [0.1, 0.15) is 29.3 Å². The molecule has 1 aromatic heterocycles. The first kappa shape index (κ1) is 24.0. The number of rotatable bonds is 7. The predicted octanol–water partition coefficient (Wildman–Crippen LogP) is 3.62. The number of nitriles is 1. The Morgan fingerprint density at radius 2 is 1.65 bits per heavy atom. The van der Waals surface area contributed by atoms with E-state index >= 15 is 0 Å². The maximum Gasteiger partial charge on any atom is 0.355 e. The molecule has 2 N–H and O–H groups in total. The van der Waals surface area contributed by atoms with Crippen molar-refractivity contribution in [3.63, 3.8) is 0 Å². The van der Waals surface area contributed by atoms with E-state index in [9.17, 15) is 19.6 Å². The molecule has 34 heavy (non-hydrogen) atoms. The zero-order chi connectivity index (χ0) is 24.7. The number of carbonyl (C=O) groups excluding carboxylic acids is 3. The summed E-state index contributed by atoms with van der Waals surface area (Å²) in [7, 11) is 0. The predicted molar refractivity (Wildman–Crippen MR) is 128 cm³/mol. The van der Waals surface area contributed by atoms with Crippen molar-refractivity contribution < 1.29 is 19.1 Å². The van der Waals surface area contributed by atoms with E-state index in [2.05, 4.69) is 16.7 Å². The number of benzene rings is 2. The van der Waals surface area contributed by atoms with Crippen LogP contribution in [0.3, 0.4) is 0 Å². The molecule has 3 aromatic rings. The summed E-state index contributed by atoms with van der Waals surface area (Å²) in [5.74, 6) is -1.64. The van der Waals surface area contributed by atoms with E-state index in [1.54, 1.807) is 35.8 Å². The molecule has 0 atom stereocenters. The van der Waals surface area contributed by atoms with Crippen LogP contribution in [0.25, 0.3) is 11.8 Å². The Labute approximate surface area is 197 Å². The van der Waals surface area contributed by atoms with Crippen LogP contribution in [0.4, 0.5) is 5.82 Å². The molecule has 0 aliphatic carbocycles. The highest BCUT2D eigenvalue weighted by Crippen LogP contribution is 2.29. The minimum absolute atomic E-state index is 0.0939. The number of aromatic nitrogens is 1. The van der Waals surface area contributed by atoms with Crippen molar-refractivity contribution in [1.82, 2.24) is 9.88 Å². The summed E-state index contributed by atoms with van der Waals surface area (Å²) in [4.78, 5) is 36.8. The van der Waals surface area contributed by atoms with Crippen molar-refractivity contribution in [2.24, 2.45) is 0 Å². The average Bonchev–Trinajstić information content (AvgIpc) is 3.06. The monoisotopic (exact) mass is 456 g/mol. The fraction of sp³-hybridized carbons (Fsp3) is 0.154. The number of carbonyl (C=O) groups is 3. The van der Waals surface area contributed by atoms with Gasteiger partial charge in [0.15, 0.2) is 6.61 Å². The maximum atomic E-state index is 12.7. The maximum absolute atomic E-state index is 12.7. The van der Waals surface area contributed by atoms with Crippen LogP contribution in [0, 0.1) is 25.2 Å². The minimum atomic E-state index is -0.861. The molecule has 3 rings (SSSR count). The molecule has 0 unspecified atom stereocenters. The van der Waals surface area contributed by atoms with Gasteiger partial charge in [0.1, 0.15) is 17.6 Å². The van der Waals surface area contributed by atoms with Crippen molar-refractivity contribution in [1.29, 1.82) is 5.26 Å². The van der Waals surface area contributed by atoms with Crippen molar-refractivity contribution in [2.45, 2.75) is 20.8 Å². The lowest BCUT2D eigenvalue weighted by Gasteiger charge is -2.13. The topological polar surface area (TPSA) is 113 Å². The van der Waals surface area contributed by atoms with Gasteiger partial charge in [-0.05, 0) is 43.2 Å². The van der Waals surface area contributed by atoms with Crippen LogP contribution in [0.5, 0.6) is 0 Å². The van der Waals surface area contributed by atoms with Crippen LogP contribution in [0.15, 0.2) is 66.4 Å². The molecular formula is C26H24N4O4. The summed E-state index contributed by atoms with van der Waals surface area (Å²) >= 11 is 0. The second kappa shape index (κ2) is 10.8. The standard InChI is InChI=1S/C26H24N4O4/c1-17-18(2)30(21-12-8-5-9-13-21)25(22(17)15-27)29-24(32)16-34-26(33)23(28-19(3)31)14-20-10-6-4-7-11-20/h4-14H,16H2,1-3H3,(H,28,31)(H,29,32)/b23-14-. The van der Waals surface area contributed by atoms with Gasteiger partial charge in [0, 0.05) is 18.3 Å². The molecule has 1 heterocycles. The van der Waals surface area contributed by atoms with Gasteiger partial charge in [-0.15, -0.1) is 0 Å². The third-order valence-electron chi connectivity index (χ3n) is 5.07. The Bertz CT molecular complexity index is 1290. The molecule has 2 amide bonds. The van der Waals surface area contributed by atoms with Crippen LogP contribution < -0.4 is 10.6 Å². The summed E-state index contributed by atoms with van der Waals surface area (Å²) < 4.78 is 6.91. The summed E-state index contributed by atoms with van der Waals surface area (Å²) in [6.45, 7) is 4.32. The molecule has 2 aromatic carbocycles. The highest BCUT2D eigenvalue weighted by atomic mass is 16.5. The smallest absolute Gasteiger partial charge is 0.355 e. The quantitative estimate of drug-likeness (QED) is 0.416. The van der Waals surface area contributed by atoms with Gasteiger partial charge in [-0.1, -0.05) is 48.5 Å². The second-order valence-electron chi connectivity index (χ2n) is 7.49. The molecule has 0 spiro atoms. The molecule has 8 nitrogen and oxygen atoms in total. The molecule has 0 aliphatic rings. The zero-order valence-corrected chi connectivity index (χ0v) is 19.1. The summed E-state index contributed by atoms with van der Waals surface area (Å²) in [5.41, 5.74) is 3.22. The van der Waals surface area contributed by atoms with Crippen LogP contribution in [-0.4, -0.2) is 29.0 Å². The SMILES string of the molecule is CC(=O)N/C(=C\c1ccccc1)C(=O)OCC(=O)Nc1c(C#N)c(C)c(C)n1-c1ccccc1. The number of hydrogen-bond acceptors (Lipinski definition) is 5. The van der Waals surface area contributed by atoms with Crippen molar-refractivity contribution in [3.05, 3.63) is 88.7 Å². The number of hydrogen-bond donors (Lipinski definition) is 2. The van der Waals surface area contributed by atoms with E-state index in [0.29, 0.717) is 16.9 Å². The number of nitrogens with one attached hydrogen (secondary N) is 2. The lowest BCUT2D eigenvalue weighted by atomic mass is 10.2. The Balaban J connectivity index is 1.79. The first-order valence-electron chi connectivity index (χ1n) is 10.5. The third-order valence-corrected chi connectivity index (χ3v) is 5.07. The van der Waals surface area contributed by atoms with Gasteiger partial charge in [-0.2, -0.15) is 5.26 Å². The molecule has 172 valence electrons. The van der Waals surface area contributed by atoms with Gasteiger partial charge >= 0.3 is 5.97 Å². The lowest BCUT2D eigenvalue weighted by Crippen LogP contribution is -2.29. The fourth-order valence-electron chi connectivity index (χ4n) is 3.39. The van der Waals surface area contributed by atoms with Crippen molar-refractivity contribution in [2.75, 3.05) is 11.9 Å². The first-order chi connectivity index (χ1) is 16.3. The molecule has 0 aliphatic heterocycles. The molecular weight excluding hydrogens is 432 g/mol. The van der Waals surface area contributed by atoms with Gasteiger partial charge in [0.05, 0.1) is 5.56 Å². The van der Waals surface area contributed by atoms with Gasteiger partial charge < -0.3 is 15.4 Å². The highest BCUT2D eigenvalue weighted by Gasteiger charge is 2.22. The Kier molecular flexibility index (Phi) is 7.62. The molecule has 0 saturated carbocycles. The summed E-state index contributed by atoms with van der Waals surface area (Å²) in [5, 5.41) is 14.8. The fourth-order valence-corrected chi connectivity index (χ4v) is 3.39. The number of ether oxygens (including phenoxy) is 1. The third kappa shape index (κ3) is 5.58. The Morgan fingerprint density at radius 3 is 2.24 bits per heavy atom. The lowest BCUT2D eigenvalue weighted by molar-refractivity contribution is -0.144. The van der Waals surface area contributed by atoms with Gasteiger partial charge in [0.2, 0.25) is 5.91 Å². The van der Waals surface area contributed by atoms with E-state index in [4.69, 9.17) is 4.74 Å². The first-order valence-corrected chi connectivity index (χ1v) is 10.5. The van der Waals surface area contributed by atoms with Crippen LogP contribution in [0.2, 0.25) is 0 Å². The van der Waals surface area contributed by atoms with Crippen LogP contribution in [-0.2, 0) is 19.1 Å². The summed E-state index contributed by atoms with van der Waals surface area (Å²) in [6, 6.07) is 20.3. The van der Waals surface area contributed by atoms with Gasteiger partial charge in [-0.25, -0.2) is 4.79 Å². The second-order valence-corrected chi connectivity index (χ2v) is 7.49. The number of nitrogens with zero attached hydrogens (tertiary/aromatic N) is 2. The number of esters is 1. The Morgan fingerprint density at radius 1 is 1.03 bits per heavy atom. The van der Waals surface area contributed by atoms with Gasteiger partial charge in [-0.3, -0.25) is 14.2 Å². The molecule has 0 radical (unpaired) electrons. The van der Waals surface area contributed by atoms with E-state index in [-0.39, 0.29) is 5.70 Å². The number of amides is 2. The zero-order valence-electron chi connectivity index (χ0n) is 19.1. The molecule has 8 heteroatoms. The molecule has 0 saturated heterocycles. The Hall–Kier alpha value is -4.64. The van der Waals surface area contributed by atoms with Crippen molar-refractivity contribution in [3.8, 4) is 11.8 Å². The largest absolute Gasteiger partial charge is 0.451 e. The molecule has 0 bridgehead atoms. The highest BCUT2D eigenvalue weighted by molar-refractivity contribution is 6.00. The van der Waals surface area contributed by atoms with E-state index in [0.717, 1.165) is 16.9 Å². The van der Waals surface area contributed by atoms with E-state index in [1.807, 2.05) is 43.3 Å². The van der Waals surface area contributed by atoms with E-state index < -0.39 is 24.4 Å². The average molecular weight is 457 g/mol.